The molecule has 17 nitrogen and oxygen atoms in total. The molecule has 0 spiro atoms. The van der Waals surface area contributed by atoms with Crippen molar-refractivity contribution < 1.29 is 80.2 Å². The van der Waals surface area contributed by atoms with Crippen molar-refractivity contribution in [2.24, 2.45) is 11.8 Å². The number of ether oxygens (including phenoxy) is 4. The summed E-state index contributed by atoms with van der Waals surface area (Å²) in [5, 5.41) is 10.7. The summed E-state index contributed by atoms with van der Waals surface area (Å²) in [6.45, 7) is 9.72. The zero-order valence-corrected chi connectivity index (χ0v) is 73.7. The maximum absolute atomic E-state index is 13.2. The first-order valence-corrected chi connectivity index (χ1v) is 49.5. The van der Waals surface area contributed by atoms with Crippen LogP contribution in [-0.4, -0.2) is 96.7 Å². The number of aliphatic hydroxyl groups is 1. The molecule has 0 aliphatic rings. The van der Waals surface area contributed by atoms with Crippen LogP contribution in [0.5, 0.6) is 0 Å². The maximum atomic E-state index is 13.2. The van der Waals surface area contributed by atoms with E-state index >= 15 is 0 Å². The van der Waals surface area contributed by atoms with Gasteiger partial charge in [-0.25, -0.2) is 9.13 Å². The summed E-state index contributed by atoms with van der Waals surface area (Å²) in [4.78, 5) is 73.4. The number of phosphoric acid groups is 2. The molecule has 0 aromatic heterocycles. The number of carbonyl (C=O) groups excluding carboxylic acids is 4. The minimum atomic E-state index is -4.97. The van der Waals surface area contributed by atoms with E-state index in [0.717, 1.165) is 102 Å². The molecule has 0 aromatic rings. The Morgan fingerprint density at radius 2 is 0.468 bits per heavy atom. The highest BCUT2D eigenvalue weighted by Gasteiger charge is 2.31. The Morgan fingerprint density at radius 3 is 0.697 bits per heavy atom. The molecule has 0 radical (unpaired) electrons. The van der Waals surface area contributed by atoms with Gasteiger partial charge in [-0.3, -0.25) is 37.3 Å². The molecule has 0 fully saturated rings. The van der Waals surface area contributed by atoms with Crippen molar-refractivity contribution in [1.82, 2.24) is 0 Å². The lowest BCUT2D eigenvalue weighted by Gasteiger charge is -2.21. The highest BCUT2D eigenvalue weighted by Crippen LogP contribution is 2.45. The van der Waals surface area contributed by atoms with Crippen molar-refractivity contribution in [2.75, 3.05) is 39.6 Å². The molecule has 0 saturated heterocycles. The Morgan fingerprint density at radius 1 is 0.266 bits per heavy atom. The third-order valence-electron chi connectivity index (χ3n) is 21.6. The van der Waals surface area contributed by atoms with Crippen LogP contribution in [0.3, 0.4) is 0 Å². The molecule has 0 saturated carbocycles. The summed E-state index contributed by atoms with van der Waals surface area (Å²) in [5.41, 5.74) is 0. The highest BCUT2D eigenvalue weighted by molar-refractivity contribution is 7.47. The molecule has 648 valence electrons. The molecule has 0 heterocycles. The van der Waals surface area contributed by atoms with Crippen molar-refractivity contribution >= 4 is 39.5 Å². The van der Waals surface area contributed by atoms with Crippen LogP contribution in [0.15, 0.2) is 0 Å². The van der Waals surface area contributed by atoms with Crippen LogP contribution in [0.1, 0.15) is 485 Å². The van der Waals surface area contributed by atoms with Gasteiger partial charge in [-0.15, -0.1) is 0 Å². The fourth-order valence-corrected chi connectivity index (χ4v) is 15.7. The first kappa shape index (κ1) is 107. The lowest BCUT2D eigenvalue weighted by Crippen LogP contribution is -2.30. The van der Waals surface area contributed by atoms with Gasteiger partial charge < -0.3 is 33.8 Å². The van der Waals surface area contributed by atoms with Gasteiger partial charge in [-0.1, -0.05) is 433 Å². The molecular weight excluding hydrogens is 1410 g/mol. The SMILES string of the molecule is CCCCCCCCCCCCCCCCCCCCCCCC(=O)O[C@H](COC(=O)CCCCCCCCCCCCCCCCCCCCC)COP(=O)(O)OC[C@@H](O)COP(=O)(O)OC[C@@H](COC(=O)CCCCCCCCCCC(C)CC)OC(=O)CCCCCCCCCCCCCCCCC(C)C. The number of unbranched alkanes of at least 4 members (excludes halogenated alkanes) is 58. The van der Waals surface area contributed by atoms with E-state index < -0.39 is 97.5 Å². The second-order valence-electron chi connectivity index (χ2n) is 33.1. The third kappa shape index (κ3) is 82.4. The number of carbonyl (C=O) groups is 4. The zero-order valence-electron chi connectivity index (χ0n) is 71.9. The fraction of sp³-hybridized carbons (Fsp3) is 0.956. The van der Waals surface area contributed by atoms with E-state index in [1.165, 1.54) is 302 Å². The van der Waals surface area contributed by atoms with Crippen LogP contribution in [0.2, 0.25) is 0 Å². The molecule has 0 amide bonds. The predicted octanol–water partition coefficient (Wildman–Crippen LogP) is 27.8. The molecule has 3 N–H and O–H groups in total. The van der Waals surface area contributed by atoms with Crippen LogP contribution >= 0.6 is 15.6 Å². The topological polar surface area (TPSA) is 237 Å². The molecule has 0 rings (SSSR count). The van der Waals surface area contributed by atoms with Crippen LogP contribution in [0.25, 0.3) is 0 Å². The molecular formula is C90H176O17P2. The summed E-state index contributed by atoms with van der Waals surface area (Å²) >= 11 is 0. The van der Waals surface area contributed by atoms with E-state index in [4.69, 9.17) is 37.0 Å². The van der Waals surface area contributed by atoms with Gasteiger partial charge >= 0.3 is 39.5 Å². The summed E-state index contributed by atoms with van der Waals surface area (Å²) in [6, 6.07) is 0. The summed E-state index contributed by atoms with van der Waals surface area (Å²) < 4.78 is 69.1. The monoisotopic (exact) mass is 1590 g/mol. The molecule has 0 aliphatic heterocycles. The molecule has 0 bridgehead atoms. The Kier molecular flexibility index (Phi) is 79.8. The lowest BCUT2D eigenvalue weighted by atomic mass is 9.99. The van der Waals surface area contributed by atoms with Crippen LogP contribution < -0.4 is 0 Å². The average Bonchev–Trinajstić information content (AvgIpc) is 0.899. The fourth-order valence-electron chi connectivity index (χ4n) is 14.1. The Hall–Kier alpha value is -1.94. The van der Waals surface area contributed by atoms with Crippen molar-refractivity contribution in [3.05, 3.63) is 0 Å². The molecule has 109 heavy (non-hydrogen) atoms. The number of aliphatic hydroxyl groups excluding tert-OH is 1. The lowest BCUT2D eigenvalue weighted by molar-refractivity contribution is -0.161. The van der Waals surface area contributed by atoms with Crippen molar-refractivity contribution in [3.8, 4) is 0 Å². The van der Waals surface area contributed by atoms with E-state index in [-0.39, 0.29) is 25.7 Å². The molecule has 6 atom stereocenters. The molecule has 0 aromatic carbocycles. The molecule has 3 unspecified atom stereocenters. The second-order valence-corrected chi connectivity index (χ2v) is 36.0. The Bertz CT molecular complexity index is 2080. The van der Waals surface area contributed by atoms with E-state index in [9.17, 15) is 43.2 Å². The van der Waals surface area contributed by atoms with E-state index in [1.54, 1.807) is 0 Å². The quantitative estimate of drug-likeness (QED) is 0.0222. The minimum Gasteiger partial charge on any atom is -0.462 e. The summed E-state index contributed by atoms with van der Waals surface area (Å²) in [6.07, 6.45) is 75.0. The average molecular weight is 1590 g/mol. The van der Waals surface area contributed by atoms with Gasteiger partial charge in [0.2, 0.25) is 0 Å². The first-order chi connectivity index (χ1) is 52.9. The van der Waals surface area contributed by atoms with Gasteiger partial charge in [0, 0.05) is 25.7 Å². The van der Waals surface area contributed by atoms with Gasteiger partial charge in [0.15, 0.2) is 12.2 Å². The van der Waals surface area contributed by atoms with Crippen LogP contribution in [0, 0.1) is 11.8 Å². The number of rotatable bonds is 89. The number of hydrogen-bond acceptors (Lipinski definition) is 15. The number of hydrogen-bond donors (Lipinski definition) is 3. The van der Waals surface area contributed by atoms with E-state index in [0.29, 0.717) is 25.7 Å². The van der Waals surface area contributed by atoms with Crippen LogP contribution in [0.4, 0.5) is 0 Å². The van der Waals surface area contributed by atoms with Gasteiger partial charge in [0.25, 0.3) is 0 Å². The minimum absolute atomic E-state index is 0.107. The normalized spacial score (nSPS) is 14.0. The first-order valence-electron chi connectivity index (χ1n) is 46.5. The van der Waals surface area contributed by atoms with Gasteiger partial charge in [0.1, 0.15) is 19.3 Å². The summed E-state index contributed by atoms with van der Waals surface area (Å²) in [5.74, 6) is -0.525. The van der Waals surface area contributed by atoms with Crippen LogP contribution in [-0.2, 0) is 65.4 Å². The molecule has 19 heteroatoms. The maximum Gasteiger partial charge on any atom is 0.472 e. The Balaban J connectivity index is 5.25. The summed E-state index contributed by atoms with van der Waals surface area (Å²) in [7, 11) is -9.94. The Labute approximate surface area is 670 Å². The van der Waals surface area contributed by atoms with Gasteiger partial charge in [-0.05, 0) is 37.5 Å². The number of esters is 4. The highest BCUT2D eigenvalue weighted by atomic mass is 31.2. The van der Waals surface area contributed by atoms with Gasteiger partial charge in [0.05, 0.1) is 26.4 Å². The predicted molar refractivity (Wildman–Crippen MR) is 451 cm³/mol. The van der Waals surface area contributed by atoms with Crippen molar-refractivity contribution in [3.63, 3.8) is 0 Å². The van der Waals surface area contributed by atoms with Gasteiger partial charge in [-0.2, -0.15) is 0 Å². The zero-order chi connectivity index (χ0) is 79.9. The van der Waals surface area contributed by atoms with Crippen molar-refractivity contribution in [1.29, 1.82) is 0 Å². The smallest absolute Gasteiger partial charge is 0.462 e. The van der Waals surface area contributed by atoms with Crippen molar-refractivity contribution in [2.45, 2.75) is 503 Å². The number of phosphoric ester groups is 2. The second kappa shape index (κ2) is 81.2. The standard InChI is InChI=1S/C90H176O17P2/c1-7-10-12-14-16-18-20-22-24-26-28-29-31-33-35-40-44-48-56-62-68-74-89(94)106-85(78-100-87(92)72-66-60-54-47-43-39-34-32-30-27-25-23-21-19-17-15-13-11-8-2)80-104-108(96,97)102-76-84(91)77-103-109(98,99)105-81-86(79-101-88(93)73-67-61-55-51-50-53-59-65-71-83(6)9-3)107-90(95)75-69-63-57-49-45-41-37-36-38-42-46-52-58-64-70-82(4)5/h82-86,91H,7-81H2,1-6H3,(H,96,97)(H,98,99)/t83?,84-,85-,86-/m1/s1. The van der Waals surface area contributed by atoms with E-state index in [1.807, 2.05) is 0 Å². The van der Waals surface area contributed by atoms with E-state index in [2.05, 4.69) is 41.5 Å². The third-order valence-corrected chi connectivity index (χ3v) is 23.5. The molecule has 0 aliphatic carbocycles. The largest absolute Gasteiger partial charge is 0.472 e.